The number of hydrogen-bond donors (Lipinski definition) is 1. The van der Waals surface area contributed by atoms with Gasteiger partial charge in [-0.3, -0.25) is 4.68 Å². The van der Waals surface area contributed by atoms with Gasteiger partial charge in [0.2, 0.25) is 0 Å². The number of ether oxygens (including phenoxy) is 1. The van der Waals surface area contributed by atoms with E-state index in [1.54, 1.807) is 10.9 Å². The Balaban J connectivity index is 2.27. The van der Waals surface area contributed by atoms with Crippen molar-refractivity contribution in [2.75, 3.05) is 12.3 Å². The molecule has 17 heavy (non-hydrogen) atoms. The third-order valence-corrected chi connectivity index (χ3v) is 3.40. The number of rotatable bonds is 1. The summed E-state index contributed by atoms with van der Waals surface area (Å²) in [5.74, 6) is 1.51. The zero-order valence-corrected chi connectivity index (χ0v) is 10.2. The van der Waals surface area contributed by atoms with Crippen LogP contribution < -0.4 is 10.5 Å². The van der Waals surface area contributed by atoms with E-state index in [1.165, 1.54) is 0 Å². The standard InChI is InChI=1S/C12H12ClN3O/c1-16-12(14)8(6-15-16)11-7-4-5-17-10(7)3-2-9(11)13/h2-3,6H,4-5,14H2,1H3. The molecule has 0 bridgehead atoms. The van der Waals surface area contributed by atoms with E-state index in [9.17, 15) is 0 Å². The van der Waals surface area contributed by atoms with Crippen LogP contribution in [0, 0.1) is 0 Å². The molecule has 3 rings (SSSR count). The van der Waals surface area contributed by atoms with Crippen molar-refractivity contribution in [2.45, 2.75) is 6.42 Å². The summed E-state index contributed by atoms with van der Waals surface area (Å²) in [6.07, 6.45) is 2.61. The number of benzene rings is 1. The fourth-order valence-electron chi connectivity index (χ4n) is 2.18. The van der Waals surface area contributed by atoms with E-state index in [4.69, 9.17) is 22.1 Å². The lowest BCUT2D eigenvalue weighted by atomic mass is 10.00. The first kappa shape index (κ1) is 10.5. The first-order chi connectivity index (χ1) is 8.18. The molecular weight excluding hydrogens is 238 g/mol. The molecule has 2 aromatic rings. The van der Waals surface area contributed by atoms with Crippen LogP contribution in [0.1, 0.15) is 5.56 Å². The Bertz CT molecular complexity index is 592. The third-order valence-electron chi connectivity index (χ3n) is 3.08. The highest BCUT2D eigenvalue weighted by Crippen LogP contribution is 2.41. The highest BCUT2D eigenvalue weighted by atomic mass is 35.5. The van der Waals surface area contributed by atoms with Crippen molar-refractivity contribution >= 4 is 17.4 Å². The Kier molecular flexibility index (Phi) is 2.26. The van der Waals surface area contributed by atoms with Gasteiger partial charge >= 0.3 is 0 Å². The van der Waals surface area contributed by atoms with E-state index in [0.717, 1.165) is 28.9 Å². The lowest BCUT2D eigenvalue weighted by molar-refractivity contribution is 0.357. The van der Waals surface area contributed by atoms with E-state index in [0.29, 0.717) is 17.4 Å². The third kappa shape index (κ3) is 1.48. The molecule has 0 spiro atoms. The normalized spacial score (nSPS) is 13.5. The van der Waals surface area contributed by atoms with Gasteiger partial charge in [-0.05, 0) is 12.1 Å². The predicted molar refractivity (Wildman–Crippen MR) is 67.3 cm³/mol. The second-order valence-corrected chi connectivity index (χ2v) is 4.47. The number of halogens is 1. The summed E-state index contributed by atoms with van der Waals surface area (Å²) in [5, 5.41) is 4.84. The Hall–Kier alpha value is -1.68. The number of aryl methyl sites for hydroxylation is 1. The molecule has 1 aromatic heterocycles. The molecule has 0 fully saturated rings. The van der Waals surface area contributed by atoms with Crippen molar-refractivity contribution in [2.24, 2.45) is 7.05 Å². The van der Waals surface area contributed by atoms with Gasteiger partial charge < -0.3 is 10.5 Å². The van der Waals surface area contributed by atoms with Gasteiger partial charge in [-0.1, -0.05) is 11.6 Å². The van der Waals surface area contributed by atoms with Crippen molar-refractivity contribution < 1.29 is 4.74 Å². The minimum atomic E-state index is 0.618. The molecule has 0 radical (unpaired) electrons. The summed E-state index contributed by atoms with van der Waals surface area (Å²) in [4.78, 5) is 0. The van der Waals surface area contributed by atoms with Gasteiger partial charge in [-0.25, -0.2) is 0 Å². The van der Waals surface area contributed by atoms with Crippen LogP contribution in [0.4, 0.5) is 5.82 Å². The largest absolute Gasteiger partial charge is 0.493 e. The Morgan fingerprint density at radius 3 is 3.00 bits per heavy atom. The summed E-state index contributed by atoms with van der Waals surface area (Å²) in [5.41, 5.74) is 8.95. The zero-order valence-electron chi connectivity index (χ0n) is 9.40. The highest BCUT2D eigenvalue weighted by molar-refractivity contribution is 6.33. The van der Waals surface area contributed by atoms with E-state index in [-0.39, 0.29) is 0 Å². The average Bonchev–Trinajstić information content (AvgIpc) is 2.89. The number of nitrogens with zero attached hydrogens (tertiary/aromatic N) is 2. The molecule has 0 unspecified atom stereocenters. The molecule has 0 amide bonds. The smallest absolute Gasteiger partial charge is 0.129 e. The molecule has 1 aliphatic rings. The summed E-state index contributed by atoms with van der Waals surface area (Å²) in [6.45, 7) is 0.697. The maximum atomic E-state index is 6.28. The van der Waals surface area contributed by atoms with Gasteiger partial charge in [0.05, 0.1) is 12.8 Å². The topological polar surface area (TPSA) is 53.1 Å². The highest BCUT2D eigenvalue weighted by Gasteiger charge is 2.22. The fourth-order valence-corrected chi connectivity index (χ4v) is 2.46. The minimum Gasteiger partial charge on any atom is -0.493 e. The molecule has 1 aromatic carbocycles. The fraction of sp³-hybridized carbons (Fsp3) is 0.250. The lowest BCUT2D eigenvalue weighted by Gasteiger charge is -2.08. The van der Waals surface area contributed by atoms with Gasteiger partial charge in [-0.2, -0.15) is 5.10 Å². The van der Waals surface area contributed by atoms with Crippen LogP contribution >= 0.6 is 11.6 Å². The summed E-state index contributed by atoms with van der Waals surface area (Å²) >= 11 is 6.28. The van der Waals surface area contributed by atoms with Crippen molar-refractivity contribution in [1.82, 2.24) is 9.78 Å². The zero-order chi connectivity index (χ0) is 12.0. The number of hydrogen-bond acceptors (Lipinski definition) is 3. The molecule has 2 heterocycles. The summed E-state index contributed by atoms with van der Waals surface area (Å²) < 4.78 is 7.18. The van der Waals surface area contributed by atoms with E-state index >= 15 is 0 Å². The molecule has 0 saturated carbocycles. The lowest BCUT2D eigenvalue weighted by Crippen LogP contribution is -1.99. The Morgan fingerprint density at radius 1 is 1.47 bits per heavy atom. The van der Waals surface area contributed by atoms with Gasteiger partial charge in [0.1, 0.15) is 11.6 Å². The van der Waals surface area contributed by atoms with Crippen LogP contribution in [0.25, 0.3) is 11.1 Å². The molecule has 88 valence electrons. The van der Waals surface area contributed by atoms with E-state index in [1.807, 2.05) is 19.2 Å². The average molecular weight is 250 g/mol. The molecule has 0 saturated heterocycles. The summed E-state index contributed by atoms with van der Waals surface area (Å²) in [6, 6.07) is 3.74. The first-order valence-electron chi connectivity index (χ1n) is 5.40. The number of nitrogens with two attached hydrogens (primary N) is 1. The SMILES string of the molecule is Cn1ncc(-c2c(Cl)ccc3c2CCO3)c1N. The van der Waals surface area contributed by atoms with Crippen LogP contribution in [-0.4, -0.2) is 16.4 Å². The van der Waals surface area contributed by atoms with E-state index in [2.05, 4.69) is 5.10 Å². The van der Waals surface area contributed by atoms with Crippen molar-refractivity contribution in [3.63, 3.8) is 0 Å². The molecule has 0 aliphatic carbocycles. The molecule has 1 aliphatic heterocycles. The number of nitrogen functional groups attached to an aromatic ring is 1. The molecular formula is C12H12ClN3O. The van der Waals surface area contributed by atoms with Crippen molar-refractivity contribution in [3.05, 3.63) is 28.9 Å². The predicted octanol–water partition coefficient (Wildman–Crippen LogP) is 2.26. The maximum Gasteiger partial charge on any atom is 0.129 e. The van der Waals surface area contributed by atoms with Crippen LogP contribution in [-0.2, 0) is 13.5 Å². The van der Waals surface area contributed by atoms with Gasteiger partial charge in [0.15, 0.2) is 0 Å². The maximum absolute atomic E-state index is 6.28. The number of fused-ring (bicyclic) bond motifs is 1. The van der Waals surface area contributed by atoms with Gasteiger partial charge in [0.25, 0.3) is 0 Å². The Morgan fingerprint density at radius 2 is 2.29 bits per heavy atom. The second-order valence-electron chi connectivity index (χ2n) is 4.06. The number of anilines is 1. The van der Waals surface area contributed by atoms with Crippen LogP contribution in [0.15, 0.2) is 18.3 Å². The molecule has 4 nitrogen and oxygen atoms in total. The Labute approximate surface area is 104 Å². The van der Waals surface area contributed by atoms with Gasteiger partial charge in [0, 0.05) is 35.2 Å². The van der Waals surface area contributed by atoms with Crippen molar-refractivity contribution in [1.29, 1.82) is 0 Å². The summed E-state index contributed by atoms with van der Waals surface area (Å²) in [7, 11) is 1.81. The molecule has 5 heteroatoms. The molecule has 2 N–H and O–H groups in total. The van der Waals surface area contributed by atoms with Crippen LogP contribution in [0.2, 0.25) is 5.02 Å². The minimum absolute atomic E-state index is 0.618. The van der Waals surface area contributed by atoms with Gasteiger partial charge in [-0.15, -0.1) is 0 Å². The second kappa shape index (κ2) is 3.67. The quantitative estimate of drug-likeness (QED) is 0.844. The van der Waals surface area contributed by atoms with Crippen molar-refractivity contribution in [3.8, 4) is 16.9 Å². The number of aromatic nitrogens is 2. The van der Waals surface area contributed by atoms with E-state index < -0.39 is 0 Å². The monoisotopic (exact) mass is 249 g/mol. The van der Waals surface area contributed by atoms with Crippen LogP contribution in [0.3, 0.4) is 0 Å². The van der Waals surface area contributed by atoms with Crippen LogP contribution in [0.5, 0.6) is 5.75 Å². The molecule has 0 atom stereocenters. The first-order valence-corrected chi connectivity index (χ1v) is 5.78.